The van der Waals surface area contributed by atoms with E-state index in [9.17, 15) is 0 Å². The van der Waals surface area contributed by atoms with Crippen molar-refractivity contribution in [2.45, 2.75) is 59.3 Å². The van der Waals surface area contributed by atoms with E-state index in [1.165, 1.54) is 32.2 Å². The molecule has 2 N–H and O–H groups in total. The van der Waals surface area contributed by atoms with Crippen molar-refractivity contribution >= 4 is 0 Å². The summed E-state index contributed by atoms with van der Waals surface area (Å²) in [5, 5.41) is 12.5. The molecule has 0 aromatic rings. The molecule has 1 aliphatic carbocycles. The fourth-order valence-corrected chi connectivity index (χ4v) is 2.79. The Morgan fingerprint density at radius 1 is 1.18 bits per heavy atom. The number of aliphatic hydroxyl groups is 1. The van der Waals surface area contributed by atoms with Crippen LogP contribution in [0.3, 0.4) is 0 Å². The summed E-state index contributed by atoms with van der Waals surface area (Å²) in [7, 11) is 0. The molecule has 2 heteroatoms. The smallest absolute Gasteiger partial charge is 0.0431 e. The van der Waals surface area contributed by atoms with E-state index in [4.69, 9.17) is 5.11 Å². The molecule has 0 aliphatic heterocycles. The van der Waals surface area contributed by atoms with Crippen LogP contribution in [-0.2, 0) is 0 Å². The van der Waals surface area contributed by atoms with Gasteiger partial charge in [0.15, 0.2) is 0 Å². The average Bonchev–Trinajstić information content (AvgIpc) is 2.29. The van der Waals surface area contributed by atoms with Gasteiger partial charge in [-0.1, -0.05) is 33.6 Å². The van der Waals surface area contributed by atoms with Gasteiger partial charge in [-0.25, -0.2) is 0 Å². The van der Waals surface area contributed by atoms with Crippen molar-refractivity contribution in [1.82, 2.24) is 5.32 Å². The van der Waals surface area contributed by atoms with Gasteiger partial charge in [0.2, 0.25) is 0 Å². The van der Waals surface area contributed by atoms with Crippen LogP contribution < -0.4 is 5.32 Å². The van der Waals surface area contributed by atoms with E-state index in [0.29, 0.717) is 12.0 Å². The van der Waals surface area contributed by atoms with Gasteiger partial charge >= 0.3 is 0 Å². The van der Waals surface area contributed by atoms with E-state index in [-0.39, 0.29) is 0 Å². The summed E-state index contributed by atoms with van der Waals surface area (Å²) in [4.78, 5) is 0. The van der Waals surface area contributed by atoms with Crippen molar-refractivity contribution in [3.63, 3.8) is 0 Å². The highest BCUT2D eigenvalue weighted by Gasteiger charge is 2.20. The van der Waals surface area contributed by atoms with Crippen LogP contribution in [0, 0.1) is 17.3 Å². The van der Waals surface area contributed by atoms with Crippen molar-refractivity contribution in [2.24, 2.45) is 17.3 Å². The highest BCUT2D eigenvalue weighted by Crippen LogP contribution is 2.28. The molecule has 0 amide bonds. The first-order valence-corrected chi connectivity index (χ1v) is 7.35. The lowest BCUT2D eigenvalue weighted by atomic mass is 9.82. The minimum Gasteiger partial charge on any atom is -0.396 e. The Bertz CT molecular complexity index is 195. The van der Waals surface area contributed by atoms with Crippen LogP contribution in [0.5, 0.6) is 0 Å². The van der Waals surface area contributed by atoms with Gasteiger partial charge in [-0.15, -0.1) is 0 Å². The highest BCUT2D eigenvalue weighted by molar-refractivity contribution is 4.75. The Labute approximate surface area is 107 Å². The molecule has 0 spiro atoms. The fraction of sp³-hybridized carbons (Fsp3) is 1.00. The fourth-order valence-electron chi connectivity index (χ4n) is 2.79. The summed E-state index contributed by atoms with van der Waals surface area (Å²) in [5.74, 6) is 1.85. The number of hydrogen-bond acceptors (Lipinski definition) is 2. The maximum atomic E-state index is 8.86. The van der Waals surface area contributed by atoms with Crippen molar-refractivity contribution in [2.75, 3.05) is 19.7 Å². The predicted octanol–water partition coefficient (Wildman–Crippen LogP) is 3.20. The van der Waals surface area contributed by atoms with Gasteiger partial charge in [0.1, 0.15) is 0 Å². The number of nitrogens with one attached hydrogen (secondary N) is 1. The molecule has 2 nitrogen and oxygen atoms in total. The predicted molar refractivity (Wildman–Crippen MR) is 74.1 cm³/mol. The zero-order chi connectivity index (χ0) is 12.7. The average molecular weight is 241 g/mol. The summed E-state index contributed by atoms with van der Waals surface area (Å²) in [6, 6.07) is 0. The Morgan fingerprint density at radius 3 is 2.41 bits per heavy atom. The monoisotopic (exact) mass is 241 g/mol. The first-order valence-electron chi connectivity index (χ1n) is 7.35. The molecule has 1 aliphatic rings. The minimum absolute atomic E-state index is 0.323. The molecule has 1 fully saturated rings. The second-order valence-corrected chi connectivity index (χ2v) is 6.75. The van der Waals surface area contributed by atoms with Gasteiger partial charge in [-0.05, 0) is 49.5 Å². The van der Waals surface area contributed by atoms with Gasteiger partial charge in [-0.3, -0.25) is 0 Å². The van der Waals surface area contributed by atoms with E-state index in [2.05, 4.69) is 26.1 Å². The zero-order valence-electron chi connectivity index (χ0n) is 12.0. The molecule has 102 valence electrons. The van der Waals surface area contributed by atoms with Crippen molar-refractivity contribution in [1.29, 1.82) is 0 Å². The summed E-state index contributed by atoms with van der Waals surface area (Å²) in [6.07, 6.45) is 7.69. The van der Waals surface area contributed by atoms with Crippen LogP contribution >= 0.6 is 0 Å². The van der Waals surface area contributed by atoms with E-state index >= 15 is 0 Å². The lowest BCUT2D eigenvalue weighted by Gasteiger charge is -2.29. The van der Waals surface area contributed by atoms with E-state index in [1.807, 2.05) is 0 Å². The van der Waals surface area contributed by atoms with Crippen LogP contribution in [0.2, 0.25) is 0 Å². The van der Waals surface area contributed by atoms with Crippen LogP contribution in [0.15, 0.2) is 0 Å². The van der Waals surface area contributed by atoms with Gasteiger partial charge in [0.25, 0.3) is 0 Å². The molecule has 0 heterocycles. The molecule has 0 saturated heterocycles. The Morgan fingerprint density at radius 2 is 1.82 bits per heavy atom. The number of hydrogen-bond donors (Lipinski definition) is 2. The SMILES string of the molecule is CC1CCC(CNCC(C)(C)CCCO)CC1. The lowest BCUT2D eigenvalue weighted by Crippen LogP contribution is -2.34. The van der Waals surface area contributed by atoms with Gasteiger partial charge in [0, 0.05) is 13.2 Å². The quantitative estimate of drug-likeness (QED) is 0.717. The first kappa shape index (κ1) is 15.0. The number of aliphatic hydroxyl groups excluding tert-OH is 1. The summed E-state index contributed by atoms with van der Waals surface area (Å²) in [5.41, 5.74) is 0.324. The molecule has 1 rings (SSSR count). The van der Waals surface area contributed by atoms with Gasteiger partial charge in [-0.2, -0.15) is 0 Å². The van der Waals surface area contributed by atoms with E-state index in [0.717, 1.165) is 31.2 Å². The van der Waals surface area contributed by atoms with Gasteiger partial charge < -0.3 is 10.4 Å². The summed E-state index contributed by atoms with van der Waals surface area (Å²) >= 11 is 0. The van der Waals surface area contributed by atoms with Crippen LogP contribution in [0.4, 0.5) is 0 Å². The molecule has 0 aromatic heterocycles. The first-order chi connectivity index (χ1) is 8.03. The van der Waals surface area contributed by atoms with E-state index < -0.39 is 0 Å². The molecule has 0 unspecified atom stereocenters. The van der Waals surface area contributed by atoms with Gasteiger partial charge in [0.05, 0.1) is 0 Å². The topological polar surface area (TPSA) is 32.3 Å². The molecule has 17 heavy (non-hydrogen) atoms. The second kappa shape index (κ2) is 7.38. The van der Waals surface area contributed by atoms with E-state index in [1.54, 1.807) is 0 Å². The Kier molecular flexibility index (Phi) is 6.50. The third-order valence-electron chi connectivity index (χ3n) is 4.18. The molecular formula is C15H31NO. The summed E-state index contributed by atoms with van der Waals surface area (Å²) in [6.45, 7) is 9.55. The van der Waals surface area contributed by atoms with Crippen molar-refractivity contribution in [3.05, 3.63) is 0 Å². The maximum Gasteiger partial charge on any atom is 0.0431 e. The number of rotatable bonds is 7. The molecule has 0 atom stereocenters. The molecule has 0 radical (unpaired) electrons. The second-order valence-electron chi connectivity index (χ2n) is 6.75. The molecule has 0 aromatic carbocycles. The van der Waals surface area contributed by atoms with Crippen LogP contribution in [-0.4, -0.2) is 24.8 Å². The molecular weight excluding hydrogens is 210 g/mol. The Balaban J connectivity index is 2.10. The summed E-state index contributed by atoms with van der Waals surface area (Å²) < 4.78 is 0. The third kappa shape index (κ3) is 6.42. The zero-order valence-corrected chi connectivity index (χ0v) is 12.0. The van der Waals surface area contributed by atoms with Crippen molar-refractivity contribution in [3.8, 4) is 0 Å². The minimum atomic E-state index is 0.323. The van der Waals surface area contributed by atoms with Crippen LogP contribution in [0.1, 0.15) is 59.3 Å². The Hall–Kier alpha value is -0.0800. The van der Waals surface area contributed by atoms with Crippen molar-refractivity contribution < 1.29 is 5.11 Å². The largest absolute Gasteiger partial charge is 0.396 e. The maximum absolute atomic E-state index is 8.86. The lowest BCUT2D eigenvalue weighted by molar-refractivity contribution is 0.226. The highest BCUT2D eigenvalue weighted by atomic mass is 16.2. The molecule has 0 bridgehead atoms. The standard InChI is InChI=1S/C15H31NO/c1-13-5-7-14(8-6-13)11-16-12-15(2,3)9-4-10-17/h13-14,16-17H,4-12H2,1-3H3. The third-order valence-corrected chi connectivity index (χ3v) is 4.18. The van der Waals surface area contributed by atoms with Crippen LogP contribution in [0.25, 0.3) is 0 Å². The molecule has 1 saturated carbocycles. The normalized spacial score (nSPS) is 26.1.